The summed E-state index contributed by atoms with van der Waals surface area (Å²) < 4.78 is 15.7. The molecule has 2 amide bonds. The highest BCUT2D eigenvalue weighted by molar-refractivity contribution is 5.93. The molecule has 7 heteroatoms. The third-order valence-electron chi connectivity index (χ3n) is 3.52. The quantitative estimate of drug-likeness (QED) is 0.577. The molecule has 0 heterocycles. The maximum absolute atomic E-state index is 11.8. The fraction of sp³-hybridized carbons (Fsp3) is 0.200. The highest BCUT2D eigenvalue weighted by atomic mass is 16.5. The summed E-state index contributed by atoms with van der Waals surface area (Å²) in [6, 6.07) is 12.6. The van der Waals surface area contributed by atoms with Crippen LogP contribution in [0.5, 0.6) is 17.2 Å². The van der Waals surface area contributed by atoms with E-state index in [2.05, 4.69) is 10.9 Å². The van der Waals surface area contributed by atoms with Gasteiger partial charge in [-0.1, -0.05) is 18.2 Å². The number of amides is 2. The first-order valence-corrected chi connectivity index (χ1v) is 8.20. The fourth-order valence-corrected chi connectivity index (χ4v) is 2.19. The monoisotopic (exact) mass is 370 g/mol. The SMILES string of the molecule is COc1ccc(/C=C/C(=O)NNC(=O)COc2cccc(C)c2)cc1OC. The van der Waals surface area contributed by atoms with Gasteiger partial charge in [0.05, 0.1) is 14.2 Å². The average molecular weight is 370 g/mol. The van der Waals surface area contributed by atoms with Gasteiger partial charge in [-0.2, -0.15) is 0 Å². The smallest absolute Gasteiger partial charge is 0.276 e. The molecule has 2 N–H and O–H groups in total. The molecule has 0 fully saturated rings. The molecular formula is C20H22N2O5. The Morgan fingerprint density at radius 3 is 2.48 bits per heavy atom. The Morgan fingerprint density at radius 1 is 1.00 bits per heavy atom. The molecule has 0 unspecified atom stereocenters. The van der Waals surface area contributed by atoms with Gasteiger partial charge < -0.3 is 14.2 Å². The fourth-order valence-electron chi connectivity index (χ4n) is 2.19. The van der Waals surface area contributed by atoms with Crippen LogP contribution < -0.4 is 25.1 Å². The molecular weight excluding hydrogens is 348 g/mol. The van der Waals surface area contributed by atoms with Crippen LogP contribution in [0.15, 0.2) is 48.5 Å². The molecule has 0 aliphatic rings. The lowest BCUT2D eigenvalue weighted by Crippen LogP contribution is -2.43. The summed E-state index contributed by atoms with van der Waals surface area (Å²) in [7, 11) is 3.08. The van der Waals surface area contributed by atoms with Crippen molar-refractivity contribution in [1.29, 1.82) is 0 Å². The zero-order valence-electron chi connectivity index (χ0n) is 15.4. The van der Waals surface area contributed by atoms with Crippen molar-refractivity contribution in [2.45, 2.75) is 6.92 Å². The second-order valence-corrected chi connectivity index (χ2v) is 5.59. The minimum absolute atomic E-state index is 0.205. The molecule has 0 saturated heterocycles. The van der Waals surface area contributed by atoms with Gasteiger partial charge in [-0.25, -0.2) is 0 Å². The van der Waals surface area contributed by atoms with E-state index in [0.717, 1.165) is 11.1 Å². The van der Waals surface area contributed by atoms with Crippen LogP contribution in [0.2, 0.25) is 0 Å². The van der Waals surface area contributed by atoms with Crippen molar-refractivity contribution in [2.24, 2.45) is 0 Å². The summed E-state index contributed by atoms with van der Waals surface area (Å²) in [4.78, 5) is 23.5. The first kappa shape index (κ1) is 19.8. The minimum atomic E-state index is -0.478. The highest BCUT2D eigenvalue weighted by Gasteiger charge is 2.05. The summed E-state index contributed by atoms with van der Waals surface area (Å²) >= 11 is 0. The van der Waals surface area contributed by atoms with Crippen LogP contribution in [0, 0.1) is 6.92 Å². The van der Waals surface area contributed by atoms with Gasteiger partial charge in [0, 0.05) is 6.08 Å². The molecule has 0 spiro atoms. The van der Waals surface area contributed by atoms with E-state index in [1.54, 1.807) is 37.5 Å². The molecule has 0 aromatic heterocycles. The van der Waals surface area contributed by atoms with Gasteiger partial charge >= 0.3 is 0 Å². The number of ether oxygens (including phenoxy) is 3. The second kappa shape index (κ2) is 9.86. The number of carbonyl (C=O) groups excluding carboxylic acids is 2. The third kappa shape index (κ3) is 6.39. The Kier molecular flexibility index (Phi) is 7.25. The van der Waals surface area contributed by atoms with Crippen molar-refractivity contribution in [3.63, 3.8) is 0 Å². The maximum Gasteiger partial charge on any atom is 0.276 e. The second-order valence-electron chi connectivity index (χ2n) is 5.59. The van der Waals surface area contributed by atoms with Crippen molar-refractivity contribution >= 4 is 17.9 Å². The average Bonchev–Trinajstić information content (AvgIpc) is 2.68. The van der Waals surface area contributed by atoms with E-state index in [4.69, 9.17) is 14.2 Å². The Labute approximate surface area is 157 Å². The molecule has 142 valence electrons. The molecule has 2 aromatic carbocycles. The van der Waals surface area contributed by atoms with Crippen LogP contribution in [0.3, 0.4) is 0 Å². The van der Waals surface area contributed by atoms with Crippen molar-refractivity contribution < 1.29 is 23.8 Å². The van der Waals surface area contributed by atoms with Crippen LogP contribution in [0.25, 0.3) is 6.08 Å². The summed E-state index contributed by atoms with van der Waals surface area (Å²) in [5, 5.41) is 0. The number of hydrogen-bond acceptors (Lipinski definition) is 5. The van der Waals surface area contributed by atoms with E-state index < -0.39 is 11.8 Å². The third-order valence-corrected chi connectivity index (χ3v) is 3.52. The molecule has 0 atom stereocenters. The van der Waals surface area contributed by atoms with E-state index in [1.165, 1.54) is 13.2 Å². The van der Waals surface area contributed by atoms with Gasteiger partial charge in [0.15, 0.2) is 18.1 Å². The van der Waals surface area contributed by atoms with Gasteiger partial charge in [-0.05, 0) is 48.4 Å². The van der Waals surface area contributed by atoms with Crippen molar-refractivity contribution in [1.82, 2.24) is 10.9 Å². The number of nitrogens with one attached hydrogen (secondary N) is 2. The number of aryl methyl sites for hydroxylation is 1. The Hall–Kier alpha value is -3.48. The highest BCUT2D eigenvalue weighted by Crippen LogP contribution is 2.27. The lowest BCUT2D eigenvalue weighted by atomic mass is 10.2. The van der Waals surface area contributed by atoms with Crippen molar-refractivity contribution in [3.8, 4) is 17.2 Å². The van der Waals surface area contributed by atoms with Crippen LogP contribution >= 0.6 is 0 Å². The van der Waals surface area contributed by atoms with E-state index in [-0.39, 0.29) is 6.61 Å². The number of methoxy groups -OCH3 is 2. The number of carbonyl (C=O) groups is 2. The maximum atomic E-state index is 11.8. The van der Waals surface area contributed by atoms with E-state index >= 15 is 0 Å². The normalized spacial score (nSPS) is 10.3. The summed E-state index contributed by atoms with van der Waals surface area (Å²) in [5.74, 6) is 0.796. The van der Waals surface area contributed by atoms with Crippen molar-refractivity contribution in [2.75, 3.05) is 20.8 Å². The van der Waals surface area contributed by atoms with E-state index in [0.29, 0.717) is 17.2 Å². The summed E-state index contributed by atoms with van der Waals surface area (Å²) in [6.07, 6.45) is 2.88. The molecule has 7 nitrogen and oxygen atoms in total. The first-order valence-electron chi connectivity index (χ1n) is 8.20. The minimum Gasteiger partial charge on any atom is -0.493 e. The lowest BCUT2D eigenvalue weighted by molar-refractivity contribution is -0.128. The molecule has 0 aliphatic heterocycles. The van der Waals surface area contributed by atoms with Crippen LogP contribution in [-0.2, 0) is 9.59 Å². The van der Waals surface area contributed by atoms with Crippen molar-refractivity contribution in [3.05, 3.63) is 59.7 Å². The van der Waals surface area contributed by atoms with Crippen LogP contribution in [-0.4, -0.2) is 32.6 Å². The molecule has 2 rings (SSSR count). The van der Waals surface area contributed by atoms with Crippen LogP contribution in [0.4, 0.5) is 0 Å². The van der Waals surface area contributed by atoms with Gasteiger partial charge in [-0.15, -0.1) is 0 Å². The topological polar surface area (TPSA) is 85.9 Å². The lowest BCUT2D eigenvalue weighted by Gasteiger charge is -2.08. The summed E-state index contributed by atoms with van der Waals surface area (Å²) in [6.45, 7) is 1.72. The van der Waals surface area contributed by atoms with Crippen LogP contribution in [0.1, 0.15) is 11.1 Å². The number of hydrazine groups is 1. The predicted octanol–water partition coefficient (Wildman–Crippen LogP) is 2.25. The molecule has 27 heavy (non-hydrogen) atoms. The molecule has 0 radical (unpaired) electrons. The number of rotatable bonds is 7. The molecule has 2 aromatic rings. The molecule has 0 aliphatic carbocycles. The Morgan fingerprint density at radius 2 is 1.78 bits per heavy atom. The molecule has 0 bridgehead atoms. The van der Waals surface area contributed by atoms with E-state index in [1.807, 2.05) is 25.1 Å². The van der Waals surface area contributed by atoms with E-state index in [9.17, 15) is 9.59 Å². The molecule has 0 saturated carbocycles. The van der Waals surface area contributed by atoms with Gasteiger partial charge in [0.2, 0.25) is 0 Å². The van der Waals surface area contributed by atoms with Gasteiger partial charge in [0.25, 0.3) is 11.8 Å². The Balaban J connectivity index is 1.79. The number of hydrogen-bond donors (Lipinski definition) is 2. The van der Waals surface area contributed by atoms with Gasteiger partial charge in [-0.3, -0.25) is 20.4 Å². The standard InChI is InChI=1S/C20H22N2O5/c1-14-5-4-6-16(11-14)27-13-20(24)22-21-19(23)10-8-15-7-9-17(25-2)18(12-15)26-3/h4-12H,13H2,1-3H3,(H,21,23)(H,22,24)/b10-8+. The number of benzene rings is 2. The first-order chi connectivity index (χ1) is 13.0. The Bertz CT molecular complexity index is 833. The zero-order chi connectivity index (χ0) is 19.6. The zero-order valence-corrected chi connectivity index (χ0v) is 15.4. The largest absolute Gasteiger partial charge is 0.493 e. The van der Waals surface area contributed by atoms with Gasteiger partial charge in [0.1, 0.15) is 5.75 Å². The summed E-state index contributed by atoms with van der Waals surface area (Å²) in [5.41, 5.74) is 6.35. The predicted molar refractivity (Wildman–Crippen MR) is 102 cm³/mol.